The Morgan fingerprint density at radius 2 is 2.07 bits per heavy atom. The molecule has 0 atom stereocenters. The zero-order chi connectivity index (χ0) is 10.7. The molecule has 0 fully saturated rings. The minimum absolute atomic E-state index is 0.170. The first-order valence-electron chi connectivity index (χ1n) is 4.56. The average Bonchev–Trinajstić information content (AvgIpc) is 2.71. The summed E-state index contributed by atoms with van der Waals surface area (Å²) in [4.78, 5) is 11.7. The number of rotatable bonds is 3. The van der Waals surface area contributed by atoms with Crippen LogP contribution in [-0.2, 0) is 6.42 Å². The van der Waals surface area contributed by atoms with Crippen molar-refractivity contribution in [3.8, 4) is 0 Å². The Labute approximate surface area is 91.2 Å². The molecule has 15 heavy (non-hydrogen) atoms. The molecule has 3 heteroatoms. The highest BCUT2D eigenvalue weighted by atomic mass is 32.1. The van der Waals surface area contributed by atoms with E-state index in [0.29, 0.717) is 0 Å². The van der Waals surface area contributed by atoms with Crippen LogP contribution in [0.3, 0.4) is 0 Å². The number of halogens is 1. The molecule has 0 saturated heterocycles. The summed E-state index contributed by atoms with van der Waals surface area (Å²) in [6.45, 7) is 0. The van der Waals surface area contributed by atoms with Crippen molar-refractivity contribution in [2.24, 2.45) is 0 Å². The molecule has 1 heterocycles. The monoisotopic (exact) mass is 220 g/mol. The van der Waals surface area contributed by atoms with Gasteiger partial charge in [0.05, 0.1) is 5.56 Å². The van der Waals surface area contributed by atoms with E-state index in [2.05, 4.69) is 0 Å². The number of ketones is 1. The van der Waals surface area contributed by atoms with E-state index in [1.54, 1.807) is 12.1 Å². The van der Waals surface area contributed by atoms with Crippen LogP contribution < -0.4 is 0 Å². The lowest BCUT2D eigenvalue weighted by atomic mass is 10.0. The maximum atomic E-state index is 13.3. The summed E-state index contributed by atoms with van der Waals surface area (Å²) in [5.41, 5.74) is 1.11. The quantitative estimate of drug-likeness (QED) is 0.725. The van der Waals surface area contributed by atoms with E-state index in [4.69, 9.17) is 0 Å². The number of Topliss-reactive ketones (excluding diaryl/α,β-unsaturated/α-hetero) is 1. The highest BCUT2D eigenvalue weighted by Gasteiger charge is 2.11. The molecule has 1 aromatic heterocycles. The molecule has 0 N–H and O–H groups in total. The smallest absolute Gasteiger partial charge is 0.170 e. The van der Waals surface area contributed by atoms with Crippen LogP contribution in [0.25, 0.3) is 0 Å². The molecule has 0 aliphatic carbocycles. The highest BCUT2D eigenvalue weighted by molar-refractivity contribution is 7.08. The lowest BCUT2D eigenvalue weighted by Gasteiger charge is -2.00. The van der Waals surface area contributed by atoms with Crippen molar-refractivity contribution in [1.82, 2.24) is 0 Å². The molecule has 1 aromatic carbocycles. The molecule has 2 rings (SSSR count). The normalized spacial score (nSPS) is 10.2. The number of hydrogen-bond acceptors (Lipinski definition) is 2. The van der Waals surface area contributed by atoms with Crippen LogP contribution in [0.15, 0.2) is 41.1 Å². The van der Waals surface area contributed by atoms with Crippen molar-refractivity contribution < 1.29 is 9.18 Å². The lowest BCUT2D eigenvalue weighted by Crippen LogP contribution is -2.05. The van der Waals surface area contributed by atoms with Gasteiger partial charge in [-0.1, -0.05) is 12.1 Å². The summed E-state index contributed by atoms with van der Waals surface area (Å²) in [6.07, 6.45) is 0.268. The third-order valence-corrected chi connectivity index (χ3v) is 2.85. The first-order chi connectivity index (χ1) is 7.27. The highest BCUT2D eigenvalue weighted by Crippen LogP contribution is 2.13. The molecule has 0 bridgehead atoms. The molecular weight excluding hydrogens is 211 g/mol. The molecule has 2 aromatic rings. The SMILES string of the molecule is O=C(Cc1ccsc1)c1ccccc1F. The Bertz CT molecular complexity index is 462. The summed E-state index contributed by atoms with van der Waals surface area (Å²) in [5, 5.41) is 3.81. The van der Waals surface area contributed by atoms with Crippen molar-refractivity contribution in [2.45, 2.75) is 6.42 Å². The summed E-state index contributed by atoms with van der Waals surface area (Å²) in [6, 6.07) is 7.95. The van der Waals surface area contributed by atoms with Gasteiger partial charge in [0.25, 0.3) is 0 Å². The van der Waals surface area contributed by atoms with Crippen molar-refractivity contribution in [3.63, 3.8) is 0 Å². The largest absolute Gasteiger partial charge is 0.294 e. The fourth-order valence-corrected chi connectivity index (χ4v) is 2.03. The number of benzene rings is 1. The third kappa shape index (κ3) is 2.30. The van der Waals surface area contributed by atoms with Gasteiger partial charge in [-0.05, 0) is 34.5 Å². The van der Waals surface area contributed by atoms with E-state index in [0.717, 1.165) is 5.56 Å². The second-order valence-corrected chi connectivity index (χ2v) is 3.99. The molecule has 0 radical (unpaired) electrons. The molecule has 0 unspecified atom stereocenters. The summed E-state index contributed by atoms with van der Waals surface area (Å²) in [7, 11) is 0. The van der Waals surface area contributed by atoms with Gasteiger partial charge in [-0.15, -0.1) is 0 Å². The minimum Gasteiger partial charge on any atom is -0.294 e. The molecular formula is C12H9FOS. The molecule has 76 valence electrons. The number of hydrogen-bond donors (Lipinski definition) is 0. The van der Waals surface area contributed by atoms with E-state index in [9.17, 15) is 9.18 Å². The van der Waals surface area contributed by atoms with Gasteiger partial charge in [-0.25, -0.2) is 4.39 Å². The lowest BCUT2D eigenvalue weighted by molar-refractivity contribution is 0.0989. The van der Waals surface area contributed by atoms with Gasteiger partial charge in [0.1, 0.15) is 5.82 Å². The molecule has 1 nitrogen and oxygen atoms in total. The van der Waals surface area contributed by atoms with Crippen LogP contribution in [0.4, 0.5) is 4.39 Å². The second kappa shape index (κ2) is 4.36. The van der Waals surface area contributed by atoms with Gasteiger partial charge in [-0.2, -0.15) is 11.3 Å². The van der Waals surface area contributed by atoms with E-state index in [1.807, 2.05) is 16.8 Å². The Balaban J connectivity index is 2.19. The Hall–Kier alpha value is -1.48. The topological polar surface area (TPSA) is 17.1 Å². The van der Waals surface area contributed by atoms with Gasteiger partial charge >= 0.3 is 0 Å². The van der Waals surface area contributed by atoms with Crippen LogP contribution >= 0.6 is 11.3 Å². The van der Waals surface area contributed by atoms with E-state index in [-0.39, 0.29) is 17.8 Å². The van der Waals surface area contributed by atoms with Gasteiger partial charge in [0, 0.05) is 6.42 Å². The van der Waals surface area contributed by atoms with Crippen LogP contribution in [-0.4, -0.2) is 5.78 Å². The van der Waals surface area contributed by atoms with Crippen molar-refractivity contribution in [1.29, 1.82) is 0 Å². The molecule has 0 aliphatic rings. The average molecular weight is 220 g/mol. The zero-order valence-electron chi connectivity index (χ0n) is 7.94. The molecule has 0 saturated carbocycles. The Morgan fingerprint density at radius 3 is 2.73 bits per heavy atom. The standard InChI is InChI=1S/C12H9FOS/c13-11-4-2-1-3-10(11)12(14)7-9-5-6-15-8-9/h1-6,8H,7H2. The fourth-order valence-electron chi connectivity index (χ4n) is 1.36. The first kappa shape index (κ1) is 10.1. The molecule has 0 spiro atoms. The van der Waals surface area contributed by atoms with Gasteiger partial charge in [0.15, 0.2) is 5.78 Å². The second-order valence-electron chi connectivity index (χ2n) is 3.21. The maximum absolute atomic E-state index is 13.3. The first-order valence-corrected chi connectivity index (χ1v) is 5.50. The van der Waals surface area contributed by atoms with Crippen LogP contribution in [0.2, 0.25) is 0 Å². The van der Waals surface area contributed by atoms with Crippen LogP contribution in [0, 0.1) is 5.82 Å². The Morgan fingerprint density at radius 1 is 1.27 bits per heavy atom. The third-order valence-electron chi connectivity index (χ3n) is 2.12. The molecule has 0 aliphatic heterocycles. The van der Waals surface area contributed by atoms with E-state index >= 15 is 0 Å². The van der Waals surface area contributed by atoms with Gasteiger partial charge in [-0.3, -0.25) is 4.79 Å². The minimum atomic E-state index is -0.447. The zero-order valence-corrected chi connectivity index (χ0v) is 8.76. The van der Waals surface area contributed by atoms with E-state index in [1.165, 1.54) is 23.5 Å². The predicted octanol–water partition coefficient (Wildman–Crippen LogP) is 3.31. The maximum Gasteiger partial charge on any atom is 0.170 e. The summed E-state index contributed by atoms with van der Waals surface area (Å²) < 4.78 is 13.3. The summed E-state index contributed by atoms with van der Waals surface area (Å²) in [5.74, 6) is -0.621. The number of carbonyl (C=O) groups is 1. The number of carbonyl (C=O) groups excluding carboxylic acids is 1. The van der Waals surface area contributed by atoms with Crippen molar-refractivity contribution in [3.05, 3.63) is 58.0 Å². The number of thiophene rings is 1. The molecule has 0 amide bonds. The van der Waals surface area contributed by atoms with Gasteiger partial charge < -0.3 is 0 Å². The fraction of sp³-hybridized carbons (Fsp3) is 0.0833. The van der Waals surface area contributed by atoms with E-state index < -0.39 is 5.82 Å². The van der Waals surface area contributed by atoms with Crippen molar-refractivity contribution >= 4 is 17.1 Å². The predicted molar refractivity (Wildman–Crippen MR) is 58.8 cm³/mol. The van der Waals surface area contributed by atoms with Crippen molar-refractivity contribution in [2.75, 3.05) is 0 Å². The van der Waals surface area contributed by atoms with Crippen LogP contribution in [0.1, 0.15) is 15.9 Å². The van der Waals surface area contributed by atoms with Gasteiger partial charge in [0.2, 0.25) is 0 Å². The Kier molecular flexibility index (Phi) is 2.92. The summed E-state index contributed by atoms with van der Waals surface area (Å²) >= 11 is 1.53. The van der Waals surface area contributed by atoms with Crippen LogP contribution in [0.5, 0.6) is 0 Å².